The molecule has 5 unspecified atom stereocenters. The number of epoxide rings is 1. The first kappa shape index (κ1) is 16.7. The van der Waals surface area contributed by atoms with Crippen LogP contribution in [0.15, 0.2) is 12.7 Å². The summed E-state index contributed by atoms with van der Waals surface area (Å²) in [4.78, 5) is 0. The highest BCUT2D eigenvalue weighted by molar-refractivity contribution is 4.90. The number of rotatable bonds is 2. The molecule has 5 atom stereocenters. The molecule has 0 amide bonds. The van der Waals surface area contributed by atoms with Crippen molar-refractivity contribution < 1.29 is 9.47 Å². The Hall–Kier alpha value is -0.340. The van der Waals surface area contributed by atoms with Gasteiger partial charge in [-0.3, -0.25) is 0 Å². The van der Waals surface area contributed by atoms with Crippen LogP contribution < -0.4 is 0 Å². The van der Waals surface area contributed by atoms with Crippen LogP contribution in [0.1, 0.15) is 59.8 Å². The summed E-state index contributed by atoms with van der Waals surface area (Å²) in [6.45, 7) is 13.3. The molecular weight excluding hydrogens is 236 g/mol. The van der Waals surface area contributed by atoms with Crippen molar-refractivity contribution in [3.05, 3.63) is 12.7 Å². The Morgan fingerprint density at radius 3 is 2.11 bits per heavy atom. The maximum absolute atomic E-state index is 5.35. The molecule has 0 N–H and O–H groups in total. The van der Waals surface area contributed by atoms with Gasteiger partial charge in [-0.25, -0.2) is 0 Å². The maximum atomic E-state index is 5.35. The summed E-state index contributed by atoms with van der Waals surface area (Å²) < 4.78 is 10.4. The van der Waals surface area contributed by atoms with E-state index in [9.17, 15) is 0 Å². The fraction of sp³-hybridized carbons (Fsp3) is 0.882. The second kappa shape index (κ2) is 8.76. The standard InChI is InChI=1S/C7H12O.C5H10O.C5H10/c1-5-2-3-6-7(4-5)8-6;1-4-3-6-5(4)2;1-3-5-4-2/h5-7H,2-4H2,1H3;4-5H,3H2,1-2H3;3H,1,4-5H2,2H3. The van der Waals surface area contributed by atoms with Gasteiger partial charge in [0.2, 0.25) is 0 Å². The minimum atomic E-state index is 0.532. The molecule has 3 rings (SSSR count). The van der Waals surface area contributed by atoms with Crippen molar-refractivity contribution in [2.45, 2.75) is 78.1 Å². The highest BCUT2D eigenvalue weighted by atomic mass is 16.6. The molecule has 3 aliphatic rings. The van der Waals surface area contributed by atoms with Crippen LogP contribution in [0.2, 0.25) is 0 Å². The topological polar surface area (TPSA) is 21.8 Å². The summed E-state index contributed by atoms with van der Waals surface area (Å²) in [6.07, 6.45) is 10.2. The van der Waals surface area contributed by atoms with Gasteiger partial charge in [-0.1, -0.05) is 33.3 Å². The largest absolute Gasteiger partial charge is 0.378 e. The quantitative estimate of drug-likeness (QED) is 0.540. The number of ether oxygens (including phenoxy) is 2. The van der Waals surface area contributed by atoms with E-state index in [-0.39, 0.29) is 0 Å². The van der Waals surface area contributed by atoms with Gasteiger partial charge in [-0.05, 0) is 38.5 Å². The molecule has 0 aromatic carbocycles. The highest BCUT2D eigenvalue weighted by Gasteiger charge is 2.42. The summed E-state index contributed by atoms with van der Waals surface area (Å²) in [6, 6.07) is 0. The Kier molecular flexibility index (Phi) is 7.70. The van der Waals surface area contributed by atoms with Gasteiger partial charge in [0.1, 0.15) is 0 Å². The first-order valence-corrected chi connectivity index (χ1v) is 7.96. The minimum Gasteiger partial charge on any atom is -0.378 e. The van der Waals surface area contributed by atoms with Crippen LogP contribution in [0.4, 0.5) is 0 Å². The van der Waals surface area contributed by atoms with Crippen LogP contribution >= 0.6 is 0 Å². The lowest BCUT2D eigenvalue weighted by molar-refractivity contribution is -0.0937. The average Bonchev–Trinajstić information content (AvgIpc) is 3.17. The Morgan fingerprint density at radius 1 is 1.16 bits per heavy atom. The Morgan fingerprint density at radius 2 is 1.84 bits per heavy atom. The predicted molar refractivity (Wildman–Crippen MR) is 81.4 cm³/mol. The van der Waals surface area contributed by atoms with Gasteiger partial charge < -0.3 is 9.47 Å². The number of unbranched alkanes of at least 4 members (excludes halogenated alkanes) is 1. The molecule has 2 aliphatic heterocycles. The zero-order valence-electron chi connectivity index (χ0n) is 13.2. The van der Waals surface area contributed by atoms with E-state index >= 15 is 0 Å². The fourth-order valence-electron chi connectivity index (χ4n) is 2.29. The first-order valence-electron chi connectivity index (χ1n) is 7.96. The third-order valence-electron chi connectivity index (χ3n) is 4.18. The van der Waals surface area contributed by atoms with Gasteiger partial charge in [-0.2, -0.15) is 0 Å². The lowest BCUT2D eigenvalue weighted by atomic mass is 9.91. The Labute approximate surface area is 119 Å². The number of allylic oxidation sites excluding steroid dienone is 1. The fourth-order valence-corrected chi connectivity index (χ4v) is 2.29. The zero-order chi connectivity index (χ0) is 14.3. The van der Waals surface area contributed by atoms with E-state index in [1.165, 1.54) is 25.7 Å². The van der Waals surface area contributed by atoms with Gasteiger partial charge in [0.05, 0.1) is 24.9 Å². The van der Waals surface area contributed by atoms with E-state index < -0.39 is 0 Å². The van der Waals surface area contributed by atoms with E-state index in [0.717, 1.165) is 24.9 Å². The van der Waals surface area contributed by atoms with Crippen LogP contribution in [0, 0.1) is 11.8 Å². The van der Waals surface area contributed by atoms with Gasteiger partial charge in [0.25, 0.3) is 0 Å². The maximum Gasteiger partial charge on any atom is 0.0844 e. The molecule has 3 fully saturated rings. The number of fused-ring (bicyclic) bond motifs is 1. The Balaban J connectivity index is 0.000000149. The van der Waals surface area contributed by atoms with E-state index in [0.29, 0.717) is 18.3 Å². The predicted octanol–water partition coefficient (Wildman–Crippen LogP) is 4.59. The summed E-state index contributed by atoms with van der Waals surface area (Å²) in [5, 5.41) is 0. The van der Waals surface area contributed by atoms with Gasteiger partial charge in [-0.15, -0.1) is 6.58 Å². The summed E-state index contributed by atoms with van der Waals surface area (Å²) >= 11 is 0. The second-order valence-electron chi connectivity index (χ2n) is 6.22. The molecule has 2 nitrogen and oxygen atoms in total. The summed E-state index contributed by atoms with van der Waals surface area (Å²) in [7, 11) is 0. The van der Waals surface area contributed by atoms with Crippen LogP contribution in [-0.2, 0) is 9.47 Å². The van der Waals surface area contributed by atoms with Crippen molar-refractivity contribution in [3.8, 4) is 0 Å². The molecule has 0 aromatic heterocycles. The third kappa shape index (κ3) is 6.58. The molecule has 2 heterocycles. The molecule has 2 heteroatoms. The molecule has 112 valence electrons. The first-order chi connectivity index (χ1) is 9.08. The molecular formula is C17H32O2. The van der Waals surface area contributed by atoms with Gasteiger partial charge in [0, 0.05) is 5.92 Å². The van der Waals surface area contributed by atoms with Crippen LogP contribution in [0.5, 0.6) is 0 Å². The van der Waals surface area contributed by atoms with Crippen molar-refractivity contribution in [3.63, 3.8) is 0 Å². The number of hydrogen-bond donors (Lipinski definition) is 0. The second-order valence-corrected chi connectivity index (χ2v) is 6.22. The Bertz CT molecular complexity index is 244. The lowest BCUT2D eigenvalue weighted by Gasteiger charge is -2.30. The van der Waals surface area contributed by atoms with E-state index in [1.54, 1.807) is 0 Å². The SMILES string of the molecule is C=CCCC.CC1CCC2OC2C1.CC1COC1C. The molecule has 0 aromatic rings. The van der Waals surface area contributed by atoms with Crippen molar-refractivity contribution in [1.29, 1.82) is 0 Å². The van der Waals surface area contributed by atoms with Gasteiger partial charge in [0.15, 0.2) is 0 Å². The minimum absolute atomic E-state index is 0.532. The normalized spacial score (nSPS) is 38.4. The van der Waals surface area contributed by atoms with Crippen molar-refractivity contribution in [1.82, 2.24) is 0 Å². The van der Waals surface area contributed by atoms with Crippen LogP contribution in [0.25, 0.3) is 0 Å². The van der Waals surface area contributed by atoms with Crippen molar-refractivity contribution >= 4 is 0 Å². The number of hydrogen-bond acceptors (Lipinski definition) is 2. The van der Waals surface area contributed by atoms with E-state index in [4.69, 9.17) is 9.47 Å². The molecule has 0 radical (unpaired) electrons. The zero-order valence-corrected chi connectivity index (χ0v) is 13.2. The average molecular weight is 268 g/mol. The van der Waals surface area contributed by atoms with E-state index in [2.05, 4.69) is 34.3 Å². The smallest absolute Gasteiger partial charge is 0.0844 e. The molecule has 19 heavy (non-hydrogen) atoms. The summed E-state index contributed by atoms with van der Waals surface area (Å²) in [5.41, 5.74) is 0. The molecule has 0 spiro atoms. The van der Waals surface area contributed by atoms with Gasteiger partial charge >= 0.3 is 0 Å². The molecule has 1 aliphatic carbocycles. The lowest BCUT2D eigenvalue weighted by Crippen LogP contribution is -2.34. The van der Waals surface area contributed by atoms with Crippen LogP contribution in [-0.4, -0.2) is 24.9 Å². The highest BCUT2D eigenvalue weighted by Crippen LogP contribution is 2.38. The molecule has 2 saturated heterocycles. The monoisotopic (exact) mass is 268 g/mol. The molecule has 1 saturated carbocycles. The van der Waals surface area contributed by atoms with Crippen molar-refractivity contribution in [2.24, 2.45) is 11.8 Å². The summed E-state index contributed by atoms with van der Waals surface area (Å²) in [5.74, 6) is 1.74. The van der Waals surface area contributed by atoms with Crippen LogP contribution in [0.3, 0.4) is 0 Å². The van der Waals surface area contributed by atoms with Crippen molar-refractivity contribution in [2.75, 3.05) is 6.61 Å². The molecule has 0 bridgehead atoms. The third-order valence-corrected chi connectivity index (χ3v) is 4.18. The van der Waals surface area contributed by atoms with E-state index in [1.807, 2.05) is 6.08 Å².